The Labute approximate surface area is 315 Å². The maximum atomic E-state index is 13.0. The molecule has 1 fully saturated rings. The number of methoxy groups -OCH3 is 2. The quantitative estimate of drug-likeness (QED) is 0.132. The molecule has 1 N–H and O–H groups in total. The van der Waals surface area contributed by atoms with Crippen LogP contribution >= 0.6 is 12.4 Å². The monoisotopic (exact) mass is 724 g/mol. The SMILES string of the molecule is COc1cc2c(cc1OC)CC1(CCCCN1CCCC(CCCNC(=O)Cc1ccc3c(c1)OCO3)(c1ccccc1)c1ccccc1)CC2.Cl. The van der Waals surface area contributed by atoms with Crippen LogP contribution in [-0.2, 0) is 29.5 Å². The van der Waals surface area contributed by atoms with Gasteiger partial charge in [0.25, 0.3) is 0 Å². The van der Waals surface area contributed by atoms with Crippen molar-refractivity contribution in [2.45, 2.75) is 81.6 Å². The lowest BCUT2D eigenvalue weighted by molar-refractivity contribution is -0.120. The number of carbonyl (C=O) groups is 1. The van der Waals surface area contributed by atoms with Gasteiger partial charge < -0.3 is 24.3 Å². The van der Waals surface area contributed by atoms with Gasteiger partial charge in [-0.25, -0.2) is 0 Å². The lowest BCUT2D eigenvalue weighted by atomic mass is 9.68. The maximum absolute atomic E-state index is 13.0. The molecular weight excluding hydrogens is 672 g/mol. The van der Waals surface area contributed by atoms with Crippen molar-refractivity contribution in [2.24, 2.45) is 0 Å². The maximum Gasteiger partial charge on any atom is 0.231 e. The molecule has 1 aliphatic carbocycles. The van der Waals surface area contributed by atoms with Gasteiger partial charge in [-0.1, -0.05) is 73.2 Å². The van der Waals surface area contributed by atoms with Crippen molar-refractivity contribution < 1.29 is 23.7 Å². The summed E-state index contributed by atoms with van der Waals surface area (Å²) < 4.78 is 22.3. The number of carbonyl (C=O) groups excluding carboxylic acids is 1. The molecule has 1 amide bonds. The van der Waals surface area contributed by atoms with E-state index >= 15 is 0 Å². The van der Waals surface area contributed by atoms with Gasteiger partial charge in [0.05, 0.1) is 20.6 Å². The van der Waals surface area contributed by atoms with E-state index in [4.69, 9.17) is 18.9 Å². The number of nitrogens with one attached hydrogen (secondary N) is 1. The Balaban J connectivity index is 0.00000464. The predicted octanol–water partition coefficient (Wildman–Crippen LogP) is 8.47. The summed E-state index contributed by atoms with van der Waals surface area (Å²) >= 11 is 0. The second-order valence-corrected chi connectivity index (χ2v) is 14.6. The van der Waals surface area contributed by atoms with Gasteiger partial charge in [0.15, 0.2) is 23.0 Å². The molecule has 4 aromatic carbocycles. The van der Waals surface area contributed by atoms with Crippen LogP contribution in [0.15, 0.2) is 91.0 Å². The third kappa shape index (κ3) is 8.06. The highest BCUT2D eigenvalue weighted by Crippen LogP contribution is 2.45. The van der Waals surface area contributed by atoms with Crippen LogP contribution in [0.4, 0.5) is 0 Å². The summed E-state index contributed by atoms with van der Waals surface area (Å²) in [7, 11) is 3.46. The van der Waals surface area contributed by atoms with Crippen LogP contribution < -0.4 is 24.3 Å². The van der Waals surface area contributed by atoms with Crippen LogP contribution in [0.1, 0.15) is 79.2 Å². The Morgan fingerprint density at radius 3 is 2.19 bits per heavy atom. The second kappa shape index (κ2) is 17.1. The van der Waals surface area contributed by atoms with Crippen LogP contribution in [-0.4, -0.2) is 57.0 Å². The number of hydrogen-bond donors (Lipinski definition) is 1. The van der Waals surface area contributed by atoms with Crippen LogP contribution in [0.5, 0.6) is 23.0 Å². The van der Waals surface area contributed by atoms with Crippen molar-refractivity contribution in [3.63, 3.8) is 0 Å². The third-order valence-electron chi connectivity index (χ3n) is 11.7. The zero-order valence-electron chi connectivity index (χ0n) is 30.7. The molecule has 1 atom stereocenters. The number of likely N-dealkylation sites (tertiary alicyclic amines) is 1. The van der Waals surface area contributed by atoms with Gasteiger partial charge in [-0.15, -0.1) is 12.4 Å². The number of hydrogen-bond acceptors (Lipinski definition) is 6. The minimum absolute atomic E-state index is 0. The lowest BCUT2D eigenvalue weighted by Gasteiger charge is -2.50. The number of piperidine rings is 1. The third-order valence-corrected chi connectivity index (χ3v) is 11.7. The van der Waals surface area contributed by atoms with Crippen molar-refractivity contribution in [1.82, 2.24) is 10.2 Å². The summed E-state index contributed by atoms with van der Waals surface area (Å²) in [5.74, 6) is 3.13. The van der Waals surface area contributed by atoms with E-state index in [0.717, 1.165) is 74.4 Å². The highest BCUT2D eigenvalue weighted by Gasteiger charge is 2.42. The highest BCUT2D eigenvalue weighted by molar-refractivity contribution is 5.85. The lowest BCUT2D eigenvalue weighted by Crippen LogP contribution is -2.55. The Morgan fingerprint density at radius 2 is 1.48 bits per heavy atom. The first kappa shape index (κ1) is 37.6. The van der Waals surface area contributed by atoms with Crippen molar-refractivity contribution in [1.29, 1.82) is 0 Å². The first-order valence-corrected chi connectivity index (χ1v) is 18.8. The molecule has 2 aliphatic heterocycles. The zero-order chi connectivity index (χ0) is 35.1. The fourth-order valence-corrected chi connectivity index (χ4v) is 9.03. The minimum atomic E-state index is -0.156. The Bertz CT molecular complexity index is 1750. The molecule has 4 aromatic rings. The molecule has 1 spiro atoms. The van der Waals surface area contributed by atoms with Gasteiger partial charge in [-0.2, -0.15) is 0 Å². The normalized spacial score (nSPS) is 18.0. The van der Waals surface area contributed by atoms with Crippen LogP contribution in [0.25, 0.3) is 0 Å². The fourth-order valence-electron chi connectivity index (χ4n) is 9.03. The topological polar surface area (TPSA) is 69.3 Å². The molecule has 0 radical (unpaired) electrons. The Kier molecular flexibility index (Phi) is 12.3. The summed E-state index contributed by atoms with van der Waals surface area (Å²) in [6.45, 7) is 3.10. The number of amides is 1. The molecule has 8 heteroatoms. The second-order valence-electron chi connectivity index (χ2n) is 14.6. The first-order valence-electron chi connectivity index (χ1n) is 18.8. The molecule has 0 aromatic heterocycles. The summed E-state index contributed by atoms with van der Waals surface area (Å²) in [6, 6.07) is 32.2. The fraction of sp³-hybridized carbons (Fsp3) is 0.432. The number of benzene rings is 4. The largest absolute Gasteiger partial charge is 0.493 e. The van der Waals surface area contributed by atoms with E-state index < -0.39 is 0 Å². The van der Waals surface area contributed by atoms with E-state index in [0.29, 0.717) is 18.7 Å². The predicted molar refractivity (Wildman–Crippen MR) is 208 cm³/mol. The van der Waals surface area contributed by atoms with E-state index in [1.54, 1.807) is 14.2 Å². The summed E-state index contributed by atoms with van der Waals surface area (Å²) in [5, 5.41) is 3.21. The minimum Gasteiger partial charge on any atom is -0.493 e. The molecule has 7 rings (SSSR count). The van der Waals surface area contributed by atoms with Gasteiger partial charge in [-0.05, 0) is 123 Å². The average Bonchev–Trinajstić information content (AvgIpc) is 3.65. The van der Waals surface area contributed by atoms with Gasteiger partial charge in [0.2, 0.25) is 12.7 Å². The van der Waals surface area contributed by atoms with E-state index in [1.165, 1.54) is 47.9 Å². The average molecular weight is 725 g/mol. The van der Waals surface area contributed by atoms with Crippen LogP contribution in [0.3, 0.4) is 0 Å². The van der Waals surface area contributed by atoms with Crippen molar-refractivity contribution in [3.05, 3.63) is 119 Å². The standard InChI is InChI=1S/C44H52N2O5.ClH/c1-48-39-29-34-19-23-43(31-35(34)30-40(39)49-2)20-9-10-25-46(43)26-12-22-44(36-13-5-3-6-14-36,37-15-7-4-8-16-37)21-11-24-45-42(47)28-33-17-18-38-41(27-33)51-32-50-38;/h3-8,13-18,27,29-30H,9-12,19-26,28,31-32H2,1-2H3,(H,45,47);1H. The van der Waals surface area contributed by atoms with Crippen molar-refractivity contribution in [3.8, 4) is 23.0 Å². The number of nitrogens with zero attached hydrogens (tertiary/aromatic N) is 1. The van der Waals surface area contributed by atoms with Crippen molar-refractivity contribution >= 4 is 18.3 Å². The number of ether oxygens (including phenoxy) is 4. The molecule has 276 valence electrons. The zero-order valence-corrected chi connectivity index (χ0v) is 31.5. The van der Waals surface area contributed by atoms with E-state index in [9.17, 15) is 4.79 Å². The molecule has 0 saturated carbocycles. The summed E-state index contributed by atoms with van der Waals surface area (Å²) in [6.07, 6.45) is 11.4. The molecule has 3 aliphatic rings. The molecule has 0 bridgehead atoms. The van der Waals surface area contributed by atoms with E-state index in [2.05, 4.69) is 83.0 Å². The van der Waals surface area contributed by atoms with Gasteiger partial charge in [0, 0.05) is 17.5 Å². The number of fused-ring (bicyclic) bond motifs is 2. The van der Waals surface area contributed by atoms with E-state index in [1.807, 2.05) is 18.2 Å². The van der Waals surface area contributed by atoms with E-state index in [-0.39, 0.29) is 36.1 Å². The molecule has 7 nitrogen and oxygen atoms in total. The van der Waals surface area contributed by atoms with Gasteiger partial charge in [0.1, 0.15) is 0 Å². The molecule has 52 heavy (non-hydrogen) atoms. The molecule has 1 unspecified atom stereocenters. The molecule has 2 heterocycles. The van der Waals surface area contributed by atoms with Crippen LogP contribution in [0, 0.1) is 0 Å². The highest BCUT2D eigenvalue weighted by atomic mass is 35.5. The Hall–Kier alpha value is -4.20. The van der Waals surface area contributed by atoms with Crippen LogP contribution in [0.2, 0.25) is 0 Å². The van der Waals surface area contributed by atoms with Gasteiger partial charge >= 0.3 is 0 Å². The Morgan fingerprint density at radius 1 is 0.808 bits per heavy atom. The summed E-state index contributed by atoms with van der Waals surface area (Å²) in [4.78, 5) is 15.9. The number of aryl methyl sites for hydroxylation is 1. The number of halogens is 1. The molecule has 1 saturated heterocycles. The smallest absolute Gasteiger partial charge is 0.231 e. The first-order chi connectivity index (χ1) is 25.0. The van der Waals surface area contributed by atoms with Crippen molar-refractivity contribution in [2.75, 3.05) is 40.6 Å². The summed E-state index contributed by atoms with van der Waals surface area (Å²) in [5.41, 5.74) is 6.47. The molecular formula is C44H53ClN2O5. The number of rotatable bonds is 14. The van der Waals surface area contributed by atoms with Gasteiger partial charge in [-0.3, -0.25) is 9.69 Å².